The maximum atomic E-state index is 11.1. The second-order valence-corrected chi connectivity index (χ2v) is 3.98. The topological polar surface area (TPSA) is 35.5 Å². The molecule has 0 aliphatic rings. The van der Waals surface area contributed by atoms with E-state index in [2.05, 4.69) is 15.9 Å². The summed E-state index contributed by atoms with van der Waals surface area (Å²) in [6.07, 6.45) is 0. The van der Waals surface area contributed by atoms with Crippen LogP contribution >= 0.6 is 27.5 Å². The molecule has 0 bridgehead atoms. The highest BCUT2D eigenvalue weighted by molar-refractivity contribution is 9.08. The molecule has 3 nitrogen and oxygen atoms in total. The van der Waals surface area contributed by atoms with Gasteiger partial charge in [-0.25, -0.2) is 4.79 Å². The zero-order chi connectivity index (χ0) is 12.0. The van der Waals surface area contributed by atoms with Gasteiger partial charge < -0.3 is 9.47 Å². The fourth-order valence-electron chi connectivity index (χ4n) is 1.13. The van der Waals surface area contributed by atoms with Crippen LogP contribution in [0.15, 0.2) is 18.2 Å². The van der Waals surface area contributed by atoms with E-state index in [9.17, 15) is 4.79 Å². The minimum absolute atomic E-state index is 0.0878. The molecule has 0 radical (unpaired) electrons. The number of carbonyl (C=O) groups is 1. The van der Waals surface area contributed by atoms with Crippen LogP contribution in [0.2, 0.25) is 5.02 Å². The van der Waals surface area contributed by atoms with Gasteiger partial charge in [0, 0.05) is 15.9 Å². The van der Waals surface area contributed by atoms with Crippen molar-refractivity contribution < 1.29 is 14.3 Å². The van der Waals surface area contributed by atoms with E-state index in [4.69, 9.17) is 21.1 Å². The minimum atomic E-state index is -0.377. The van der Waals surface area contributed by atoms with Crippen LogP contribution in [0.5, 0.6) is 5.75 Å². The second-order valence-electron chi connectivity index (χ2n) is 2.98. The van der Waals surface area contributed by atoms with E-state index in [1.165, 1.54) is 0 Å². The lowest BCUT2D eigenvalue weighted by Crippen LogP contribution is -2.15. The third kappa shape index (κ3) is 4.02. The molecule has 5 heteroatoms. The Kier molecular flexibility index (Phi) is 5.63. The fourth-order valence-corrected chi connectivity index (χ4v) is 1.77. The second kappa shape index (κ2) is 6.76. The Morgan fingerprint density at radius 3 is 2.88 bits per heavy atom. The molecule has 16 heavy (non-hydrogen) atoms. The zero-order valence-corrected chi connectivity index (χ0v) is 11.2. The minimum Gasteiger partial charge on any atom is -0.482 e. The molecule has 0 spiro atoms. The molecule has 0 saturated heterocycles. The fraction of sp³-hybridized carbons (Fsp3) is 0.364. The van der Waals surface area contributed by atoms with Crippen molar-refractivity contribution in [1.29, 1.82) is 0 Å². The van der Waals surface area contributed by atoms with Gasteiger partial charge in [0.25, 0.3) is 0 Å². The van der Waals surface area contributed by atoms with E-state index in [0.717, 1.165) is 5.56 Å². The van der Waals surface area contributed by atoms with E-state index in [0.29, 0.717) is 22.7 Å². The number of carbonyl (C=O) groups excluding carboxylic acids is 1. The van der Waals surface area contributed by atoms with E-state index in [1.807, 2.05) is 0 Å². The Morgan fingerprint density at radius 1 is 1.50 bits per heavy atom. The van der Waals surface area contributed by atoms with Crippen LogP contribution in [0.1, 0.15) is 12.5 Å². The molecule has 0 atom stereocenters. The van der Waals surface area contributed by atoms with Gasteiger partial charge in [-0.3, -0.25) is 0 Å². The summed E-state index contributed by atoms with van der Waals surface area (Å²) < 4.78 is 10.1. The molecule has 88 valence electrons. The first-order chi connectivity index (χ1) is 7.67. The summed E-state index contributed by atoms with van der Waals surface area (Å²) in [5.74, 6) is 0.257. The van der Waals surface area contributed by atoms with Crippen molar-refractivity contribution in [3.8, 4) is 5.75 Å². The van der Waals surface area contributed by atoms with Gasteiger partial charge in [-0.1, -0.05) is 27.5 Å². The molecule has 1 rings (SSSR count). The molecular formula is C11H12BrClO3. The Hall–Kier alpha value is -0.740. The molecule has 0 aliphatic heterocycles. The lowest BCUT2D eigenvalue weighted by Gasteiger charge is -2.09. The summed E-state index contributed by atoms with van der Waals surface area (Å²) in [4.78, 5) is 11.1. The zero-order valence-electron chi connectivity index (χ0n) is 8.83. The first-order valence-corrected chi connectivity index (χ1v) is 6.30. The SMILES string of the molecule is CCOC(=O)COc1ccc(Cl)cc1CBr. The van der Waals surface area contributed by atoms with Gasteiger partial charge in [-0.2, -0.15) is 0 Å². The van der Waals surface area contributed by atoms with Crippen LogP contribution in [0.4, 0.5) is 0 Å². The van der Waals surface area contributed by atoms with Crippen LogP contribution in [0.25, 0.3) is 0 Å². The lowest BCUT2D eigenvalue weighted by atomic mass is 10.2. The average Bonchev–Trinajstić information content (AvgIpc) is 2.27. The molecule has 0 amide bonds. The molecule has 1 aromatic carbocycles. The van der Waals surface area contributed by atoms with Gasteiger partial charge in [0.05, 0.1) is 6.61 Å². The van der Waals surface area contributed by atoms with Crippen molar-refractivity contribution in [2.75, 3.05) is 13.2 Å². The smallest absolute Gasteiger partial charge is 0.344 e. The average molecular weight is 308 g/mol. The molecule has 0 saturated carbocycles. The summed E-state index contributed by atoms with van der Waals surface area (Å²) in [6, 6.07) is 5.24. The molecule has 0 unspecified atom stereocenters. The third-order valence-corrected chi connectivity index (χ3v) is 2.66. The highest BCUT2D eigenvalue weighted by Crippen LogP contribution is 2.24. The molecule has 0 fully saturated rings. The van der Waals surface area contributed by atoms with E-state index >= 15 is 0 Å². The van der Waals surface area contributed by atoms with Gasteiger partial charge in [0.2, 0.25) is 0 Å². The van der Waals surface area contributed by atoms with Gasteiger partial charge in [-0.05, 0) is 25.1 Å². The van der Waals surface area contributed by atoms with Gasteiger partial charge in [0.15, 0.2) is 6.61 Å². The number of halogens is 2. The summed E-state index contributed by atoms with van der Waals surface area (Å²) in [5.41, 5.74) is 0.900. The maximum Gasteiger partial charge on any atom is 0.344 e. The van der Waals surface area contributed by atoms with Crippen LogP contribution in [-0.2, 0) is 14.9 Å². The number of rotatable bonds is 5. The highest BCUT2D eigenvalue weighted by atomic mass is 79.9. The monoisotopic (exact) mass is 306 g/mol. The summed E-state index contributed by atoms with van der Waals surface area (Å²) in [7, 11) is 0. The highest BCUT2D eigenvalue weighted by Gasteiger charge is 2.07. The summed E-state index contributed by atoms with van der Waals surface area (Å²) in [5, 5.41) is 1.25. The van der Waals surface area contributed by atoms with Crippen molar-refractivity contribution in [3.63, 3.8) is 0 Å². The van der Waals surface area contributed by atoms with Crippen LogP contribution in [0, 0.1) is 0 Å². The van der Waals surface area contributed by atoms with Crippen LogP contribution in [0.3, 0.4) is 0 Å². The first-order valence-electron chi connectivity index (χ1n) is 4.80. The Balaban J connectivity index is 2.63. The normalized spacial score (nSPS) is 9.94. The lowest BCUT2D eigenvalue weighted by molar-refractivity contribution is -0.145. The molecule has 0 aliphatic carbocycles. The van der Waals surface area contributed by atoms with Gasteiger partial charge >= 0.3 is 5.97 Å². The summed E-state index contributed by atoms with van der Waals surface area (Å²) in [6.45, 7) is 2.02. The predicted octanol–water partition coefficient (Wildman–Crippen LogP) is 3.18. The third-order valence-electron chi connectivity index (χ3n) is 1.82. The van der Waals surface area contributed by atoms with Crippen molar-refractivity contribution in [2.45, 2.75) is 12.3 Å². The molecule has 1 aromatic rings. The van der Waals surface area contributed by atoms with E-state index in [1.54, 1.807) is 25.1 Å². The number of hydrogen-bond donors (Lipinski definition) is 0. The number of hydrogen-bond acceptors (Lipinski definition) is 3. The molecule has 0 N–H and O–H groups in total. The Bertz CT molecular complexity index is 368. The van der Waals surface area contributed by atoms with Crippen molar-refractivity contribution in [1.82, 2.24) is 0 Å². The predicted molar refractivity (Wildman–Crippen MR) is 66.2 cm³/mol. The van der Waals surface area contributed by atoms with Gasteiger partial charge in [-0.15, -0.1) is 0 Å². The number of alkyl halides is 1. The quantitative estimate of drug-likeness (QED) is 0.619. The van der Waals surface area contributed by atoms with Crippen molar-refractivity contribution in [2.24, 2.45) is 0 Å². The molecule has 0 aromatic heterocycles. The first kappa shape index (κ1) is 13.3. The Morgan fingerprint density at radius 2 is 2.25 bits per heavy atom. The number of ether oxygens (including phenoxy) is 2. The molecule has 0 heterocycles. The van der Waals surface area contributed by atoms with Gasteiger partial charge in [0.1, 0.15) is 5.75 Å². The van der Waals surface area contributed by atoms with Crippen molar-refractivity contribution in [3.05, 3.63) is 28.8 Å². The van der Waals surface area contributed by atoms with Crippen molar-refractivity contribution >= 4 is 33.5 Å². The molecular weight excluding hydrogens is 295 g/mol. The maximum absolute atomic E-state index is 11.1. The summed E-state index contributed by atoms with van der Waals surface area (Å²) >= 11 is 9.17. The van der Waals surface area contributed by atoms with E-state index < -0.39 is 0 Å². The van der Waals surface area contributed by atoms with Crippen LogP contribution < -0.4 is 4.74 Å². The Labute approximate surface area is 108 Å². The standard InChI is InChI=1S/C11H12BrClO3/c1-2-15-11(14)7-16-10-4-3-9(13)5-8(10)6-12/h3-5H,2,6-7H2,1H3. The number of esters is 1. The van der Waals surface area contributed by atoms with Crippen LogP contribution in [-0.4, -0.2) is 19.2 Å². The largest absolute Gasteiger partial charge is 0.482 e. The van der Waals surface area contributed by atoms with E-state index in [-0.39, 0.29) is 12.6 Å². The number of benzene rings is 1.